The van der Waals surface area contributed by atoms with Crippen molar-refractivity contribution < 1.29 is 19.4 Å². The van der Waals surface area contributed by atoms with E-state index in [1.165, 1.54) is 25.3 Å². The number of nitrogens with one attached hydrogen (secondary N) is 1. The lowest BCUT2D eigenvalue weighted by molar-refractivity contribution is 0.0606. The molecule has 0 aliphatic heterocycles. The number of nitrogens with zero attached hydrogens (tertiary/aromatic N) is 1. The van der Waals surface area contributed by atoms with E-state index in [1.807, 2.05) is 6.07 Å². The number of rotatable bonds is 4. The van der Waals surface area contributed by atoms with Crippen molar-refractivity contribution in [2.24, 2.45) is 0 Å². The number of carbonyl (C=O) groups is 2. The van der Waals surface area contributed by atoms with E-state index in [2.05, 4.69) is 10.1 Å². The van der Waals surface area contributed by atoms with E-state index in [0.29, 0.717) is 0 Å². The van der Waals surface area contributed by atoms with E-state index < -0.39 is 11.9 Å². The van der Waals surface area contributed by atoms with Crippen LogP contribution in [-0.4, -0.2) is 24.1 Å². The minimum atomic E-state index is -0.645. The molecule has 1 aromatic heterocycles. The number of phenols is 1. The predicted octanol–water partition coefficient (Wildman–Crippen LogP) is 2.04. The fourth-order valence-electron chi connectivity index (χ4n) is 1.77. The van der Waals surface area contributed by atoms with Gasteiger partial charge < -0.3 is 15.2 Å². The van der Waals surface area contributed by atoms with Gasteiger partial charge in [0.1, 0.15) is 16.7 Å². The first-order valence-corrected chi connectivity index (χ1v) is 7.05. The predicted molar refractivity (Wildman–Crippen MR) is 79.7 cm³/mol. The quantitative estimate of drug-likeness (QED) is 0.841. The molecule has 0 atom stereocenters. The summed E-state index contributed by atoms with van der Waals surface area (Å²) < 4.78 is 4.58. The first kappa shape index (κ1) is 15.5. The molecule has 0 aliphatic carbocycles. The molecule has 0 fully saturated rings. The second-order valence-electron chi connectivity index (χ2n) is 4.31. The van der Waals surface area contributed by atoms with Crippen molar-refractivity contribution >= 4 is 23.2 Å². The van der Waals surface area contributed by atoms with E-state index in [1.54, 1.807) is 12.1 Å². The molecular formula is C15H12N2O4S. The molecule has 0 bridgehead atoms. The number of methoxy groups -OCH3 is 1. The van der Waals surface area contributed by atoms with E-state index >= 15 is 0 Å². The maximum Gasteiger partial charge on any atom is 0.349 e. The summed E-state index contributed by atoms with van der Waals surface area (Å²) in [5.41, 5.74) is 0.845. The van der Waals surface area contributed by atoms with Gasteiger partial charge in [-0.1, -0.05) is 12.1 Å². The van der Waals surface area contributed by atoms with Crippen LogP contribution in [0.3, 0.4) is 0 Å². The van der Waals surface area contributed by atoms with E-state index in [4.69, 9.17) is 5.26 Å². The Kier molecular flexibility index (Phi) is 4.76. The van der Waals surface area contributed by atoms with Crippen molar-refractivity contribution in [2.45, 2.75) is 6.54 Å². The van der Waals surface area contributed by atoms with E-state index in [9.17, 15) is 14.7 Å². The molecule has 0 spiro atoms. The first-order valence-electron chi connectivity index (χ1n) is 6.23. The molecule has 2 N–H and O–H groups in total. The Morgan fingerprint density at radius 2 is 2.18 bits per heavy atom. The second-order valence-corrected chi connectivity index (χ2v) is 5.36. The summed E-state index contributed by atoms with van der Waals surface area (Å²) in [5, 5.41) is 21.0. The van der Waals surface area contributed by atoms with E-state index in [-0.39, 0.29) is 27.6 Å². The van der Waals surface area contributed by atoms with Gasteiger partial charge in [-0.25, -0.2) is 4.79 Å². The zero-order chi connectivity index (χ0) is 16.1. The van der Waals surface area contributed by atoms with Crippen LogP contribution >= 0.6 is 11.3 Å². The molecule has 1 heterocycles. The number of hydrogen-bond acceptors (Lipinski definition) is 6. The molecule has 112 valence electrons. The van der Waals surface area contributed by atoms with Gasteiger partial charge in [0.2, 0.25) is 0 Å². The monoisotopic (exact) mass is 316 g/mol. The lowest BCUT2D eigenvalue weighted by Crippen LogP contribution is -2.21. The van der Waals surface area contributed by atoms with Gasteiger partial charge >= 0.3 is 5.97 Å². The van der Waals surface area contributed by atoms with Crippen LogP contribution in [0.25, 0.3) is 0 Å². The lowest BCUT2D eigenvalue weighted by atomic mass is 10.2. The Hall–Kier alpha value is -2.85. The van der Waals surface area contributed by atoms with Gasteiger partial charge in [0, 0.05) is 6.54 Å². The zero-order valence-electron chi connectivity index (χ0n) is 11.6. The Labute approximate surface area is 130 Å². The SMILES string of the molecule is COC(=O)c1sc(C(=O)NCc2cccc(O)c2)cc1C#N. The molecule has 0 aliphatic rings. The molecule has 2 rings (SSSR count). The van der Waals surface area contributed by atoms with Gasteiger partial charge in [-0.2, -0.15) is 5.26 Å². The molecule has 0 unspecified atom stereocenters. The largest absolute Gasteiger partial charge is 0.508 e. The molecule has 1 aromatic carbocycles. The number of benzene rings is 1. The Morgan fingerprint density at radius 3 is 2.82 bits per heavy atom. The van der Waals surface area contributed by atoms with Gasteiger partial charge in [-0.3, -0.25) is 4.79 Å². The number of aromatic hydroxyl groups is 1. The number of ether oxygens (including phenoxy) is 1. The standard InChI is InChI=1S/C15H12N2O4S/c1-21-15(20)13-10(7-16)6-12(22-13)14(19)17-8-9-3-2-4-11(18)5-9/h2-6,18H,8H2,1H3,(H,17,19). The molecule has 6 nitrogen and oxygen atoms in total. The van der Waals surface area contributed by atoms with Gasteiger partial charge in [-0.05, 0) is 23.8 Å². The second kappa shape index (κ2) is 6.74. The summed E-state index contributed by atoms with van der Waals surface area (Å²) in [6, 6.07) is 9.72. The summed E-state index contributed by atoms with van der Waals surface area (Å²) in [7, 11) is 1.21. The maximum absolute atomic E-state index is 12.1. The van der Waals surface area contributed by atoms with Crippen LogP contribution in [0.2, 0.25) is 0 Å². The van der Waals surface area contributed by atoms with Gasteiger partial charge in [-0.15, -0.1) is 11.3 Å². The smallest absolute Gasteiger partial charge is 0.349 e. The normalized spacial score (nSPS) is 9.82. The molecule has 2 aromatic rings. The number of esters is 1. The molecule has 22 heavy (non-hydrogen) atoms. The number of amides is 1. The highest BCUT2D eigenvalue weighted by atomic mass is 32.1. The highest BCUT2D eigenvalue weighted by Crippen LogP contribution is 2.23. The molecule has 1 amide bonds. The van der Waals surface area contributed by atoms with Gasteiger partial charge in [0.25, 0.3) is 5.91 Å². The summed E-state index contributed by atoms with van der Waals surface area (Å²) >= 11 is 0.905. The van der Waals surface area contributed by atoms with E-state index in [0.717, 1.165) is 16.9 Å². The molecule has 0 radical (unpaired) electrons. The van der Waals surface area contributed by atoms with Crippen LogP contribution in [0.15, 0.2) is 30.3 Å². The number of thiophene rings is 1. The number of hydrogen-bond donors (Lipinski definition) is 2. The summed E-state index contributed by atoms with van der Waals surface area (Å²) in [4.78, 5) is 23.9. The lowest BCUT2D eigenvalue weighted by Gasteiger charge is -2.04. The zero-order valence-corrected chi connectivity index (χ0v) is 12.4. The third kappa shape index (κ3) is 3.42. The van der Waals surface area contributed by atoms with Crippen LogP contribution in [0.5, 0.6) is 5.75 Å². The number of nitriles is 1. The Morgan fingerprint density at radius 1 is 1.41 bits per heavy atom. The summed E-state index contributed by atoms with van der Waals surface area (Å²) in [5.74, 6) is -0.934. The highest BCUT2D eigenvalue weighted by molar-refractivity contribution is 7.16. The van der Waals surface area contributed by atoms with Gasteiger partial charge in [0.05, 0.1) is 17.6 Å². The molecule has 7 heteroatoms. The van der Waals surface area contributed by atoms with Crippen molar-refractivity contribution in [3.8, 4) is 11.8 Å². The third-order valence-corrected chi connectivity index (χ3v) is 3.92. The Balaban J connectivity index is 2.12. The summed E-state index contributed by atoms with van der Waals surface area (Å²) in [6.45, 7) is 0.223. The average molecular weight is 316 g/mol. The fourth-order valence-corrected chi connectivity index (χ4v) is 2.71. The Bertz CT molecular complexity index is 761. The van der Waals surface area contributed by atoms with Crippen molar-refractivity contribution in [3.63, 3.8) is 0 Å². The number of carbonyl (C=O) groups excluding carboxylic acids is 2. The molecular weight excluding hydrogens is 304 g/mol. The van der Waals surface area contributed by atoms with Crippen molar-refractivity contribution in [1.29, 1.82) is 5.26 Å². The fraction of sp³-hybridized carbons (Fsp3) is 0.133. The summed E-state index contributed by atoms with van der Waals surface area (Å²) in [6.07, 6.45) is 0. The first-order chi connectivity index (χ1) is 10.5. The third-order valence-electron chi connectivity index (χ3n) is 2.81. The van der Waals surface area contributed by atoms with Crippen LogP contribution < -0.4 is 5.32 Å². The van der Waals surface area contributed by atoms with Crippen LogP contribution in [0, 0.1) is 11.3 Å². The van der Waals surface area contributed by atoms with Crippen LogP contribution in [-0.2, 0) is 11.3 Å². The van der Waals surface area contributed by atoms with Crippen molar-refractivity contribution in [3.05, 3.63) is 51.2 Å². The highest BCUT2D eigenvalue weighted by Gasteiger charge is 2.20. The topological polar surface area (TPSA) is 99.4 Å². The van der Waals surface area contributed by atoms with Crippen molar-refractivity contribution in [1.82, 2.24) is 5.32 Å². The number of phenolic OH excluding ortho intramolecular Hbond substituents is 1. The van der Waals surface area contributed by atoms with Crippen LogP contribution in [0.1, 0.15) is 30.5 Å². The minimum absolute atomic E-state index is 0.104. The van der Waals surface area contributed by atoms with Crippen LogP contribution in [0.4, 0.5) is 0 Å². The van der Waals surface area contributed by atoms with Gasteiger partial charge in [0.15, 0.2) is 0 Å². The van der Waals surface area contributed by atoms with Crippen molar-refractivity contribution in [2.75, 3.05) is 7.11 Å². The minimum Gasteiger partial charge on any atom is -0.508 e. The molecule has 0 saturated heterocycles. The molecule has 0 saturated carbocycles. The maximum atomic E-state index is 12.1. The average Bonchev–Trinajstić information content (AvgIpc) is 2.96.